The van der Waals surface area contributed by atoms with Gasteiger partial charge in [0.2, 0.25) is 5.91 Å². The lowest BCUT2D eigenvalue weighted by atomic mass is 10.3. The van der Waals surface area contributed by atoms with Gasteiger partial charge in [-0.25, -0.2) is 4.68 Å². The minimum absolute atomic E-state index is 0.102. The van der Waals surface area contributed by atoms with Gasteiger partial charge in [-0.05, 0) is 18.7 Å². The number of hydrogen-bond donors (Lipinski definition) is 2. The Bertz CT molecular complexity index is 584. The zero-order valence-corrected chi connectivity index (χ0v) is 11.9. The predicted octanol–water partition coefficient (Wildman–Crippen LogP) is 1.68. The molecule has 6 nitrogen and oxygen atoms in total. The number of anilines is 1. The lowest BCUT2D eigenvalue weighted by Gasteiger charge is -2.06. The molecule has 0 atom stereocenters. The van der Waals surface area contributed by atoms with Crippen molar-refractivity contribution in [2.75, 3.05) is 11.9 Å². The van der Waals surface area contributed by atoms with Crippen LogP contribution in [0.3, 0.4) is 0 Å². The van der Waals surface area contributed by atoms with Crippen molar-refractivity contribution in [1.29, 1.82) is 0 Å². The van der Waals surface area contributed by atoms with Crippen molar-refractivity contribution in [1.82, 2.24) is 20.3 Å². The minimum Gasteiger partial charge on any atom is -0.323 e. The van der Waals surface area contributed by atoms with Crippen LogP contribution < -0.4 is 10.6 Å². The first kappa shape index (κ1) is 14.5. The second-order valence-corrected chi connectivity index (χ2v) is 4.62. The summed E-state index contributed by atoms with van der Waals surface area (Å²) in [5, 5.41) is 14.3. The quantitative estimate of drug-likeness (QED) is 0.850. The number of halogens is 1. The maximum atomic E-state index is 11.9. The van der Waals surface area contributed by atoms with Crippen molar-refractivity contribution in [3.8, 4) is 0 Å². The average Bonchev–Trinajstić information content (AvgIpc) is 2.86. The molecule has 2 N–H and O–H groups in total. The first-order valence-corrected chi connectivity index (χ1v) is 6.71. The van der Waals surface area contributed by atoms with Crippen molar-refractivity contribution in [2.24, 2.45) is 0 Å². The molecular formula is C13H16ClN5O. The Morgan fingerprint density at radius 3 is 2.95 bits per heavy atom. The zero-order chi connectivity index (χ0) is 14.4. The molecule has 0 aliphatic heterocycles. The third-order valence-electron chi connectivity index (χ3n) is 2.60. The number of nitrogens with zero attached hydrogens (tertiary/aromatic N) is 3. The monoisotopic (exact) mass is 293 g/mol. The van der Waals surface area contributed by atoms with E-state index in [1.807, 2.05) is 19.1 Å². The van der Waals surface area contributed by atoms with Crippen molar-refractivity contribution < 1.29 is 4.79 Å². The van der Waals surface area contributed by atoms with Crippen LogP contribution in [0.15, 0.2) is 30.5 Å². The summed E-state index contributed by atoms with van der Waals surface area (Å²) in [5.74, 6) is -0.196. The van der Waals surface area contributed by atoms with Crippen LogP contribution in [0.1, 0.15) is 12.6 Å². The number of carbonyl (C=O) groups is 1. The van der Waals surface area contributed by atoms with E-state index in [0.29, 0.717) is 17.3 Å². The molecule has 0 fully saturated rings. The number of rotatable bonds is 6. The maximum absolute atomic E-state index is 11.9. The Balaban J connectivity index is 1.91. The Labute approximate surface area is 122 Å². The number of hydrogen-bond acceptors (Lipinski definition) is 4. The molecule has 0 spiro atoms. The highest BCUT2D eigenvalue weighted by atomic mass is 35.5. The fraction of sp³-hybridized carbons (Fsp3) is 0.308. The van der Waals surface area contributed by atoms with Crippen LogP contribution in [-0.4, -0.2) is 27.4 Å². The van der Waals surface area contributed by atoms with E-state index >= 15 is 0 Å². The van der Waals surface area contributed by atoms with E-state index in [9.17, 15) is 4.79 Å². The Morgan fingerprint density at radius 2 is 2.20 bits per heavy atom. The van der Waals surface area contributed by atoms with Crippen molar-refractivity contribution >= 4 is 23.2 Å². The third kappa shape index (κ3) is 4.04. The summed E-state index contributed by atoms with van der Waals surface area (Å²) < 4.78 is 1.50. The van der Waals surface area contributed by atoms with Crippen LogP contribution in [0.25, 0.3) is 0 Å². The normalized spacial score (nSPS) is 10.5. The molecule has 1 heterocycles. The summed E-state index contributed by atoms with van der Waals surface area (Å²) in [6, 6.07) is 7.09. The fourth-order valence-electron chi connectivity index (χ4n) is 1.65. The van der Waals surface area contributed by atoms with Crippen LogP contribution in [-0.2, 0) is 17.9 Å². The number of benzene rings is 1. The van der Waals surface area contributed by atoms with Gasteiger partial charge in [0.25, 0.3) is 0 Å². The van der Waals surface area contributed by atoms with Gasteiger partial charge in [0.05, 0.1) is 22.6 Å². The fourth-order valence-corrected chi connectivity index (χ4v) is 1.83. The molecule has 1 aromatic carbocycles. The van der Waals surface area contributed by atoms with Gasteiger partial charge in [-0.1, -0.05) is 35.9 Å². The summed E-state index contributed by atoms with van der Waals surface area (Å²) in [4.78, 5) is 11.9. The summed E-state index contributed by atoms with van der Waals surface area (Å²) in [6.07, 6.45) is 1.74. The van der Waals surface area contributed by atoms with E-state index in [4.69, 9.17) is 11.6 Å². The summed E-state index contributed by atoms with van der Waals surface area (Å²) in [7, 11) is 0. The lowest BCUT2D eigenvalue weighted by molar-refractivity contribution is -0.116. The summed E-state index contributed by atoms with van der Waals surface area (Å²) >= 11 is 5.97. The van der Waals surface area contributed by atoms with Gasteiger partial charge in [-0.15, -0.1) is 5.10 Å². The molecule has 0 radical (unpaired) electrons. The SMILES string of the molecule is CCNCc1cn(CC(=O)Nc2ccccc2Cl)nn1. The van der Waals surface area contributed by atoms with Crippen LogP contribution >= 0.6 is 11.6 Å². The molecule has 0 saturated carbocycles. The molecule has 2 rings (SSSR count). The van der Waals surface area contributed by atoms with E-state index in [2.05, 4.69) is 20.9 Å². The second-order valence-electron chi connectivity index (χ2n) is 4.22. The van der Waals surface area contributed by atoms with Gasteiger partial charge >= 0.3 is 0 Å². The largest absolute Gasteiger partial charge is 0.323 e. The Hall–Kier alpha value is -1.92. The van der Waals surface area contributed by atoms with E-state index in [-0.39, 0.29) is 12.5 Å². The molecule has 1 amide bonds. The van der Waals surface area contributed by atoms with E-state index in [0.717, 1.165) is 12.2 Å². The first-order valence-electron chi connectivity index (χ1n) is 6.33. The van der Waals surface area contributed by atoms with Crippen LogP contribution in [0, 0.1) is 0 Å². The maximum Gasteiger partial charge on any atom is 0.246 e. The number of nitrogens with one attached hydrogen (secondary N) is 2. The summed E-state index contributed by atoms with van der Waals surface area (Å²) in [6.45, 7) is 3.62. The van der Waals surface area contributed by atoms with Crippen molar-refractivity contribution in [3.63, 3.8) is 0 Å². The van der Waals surface area contributed by atoms with Gasteiger partial charge in [0, 0.05) is 6.54 Å². The van der Waals surface area contributed by atoms with Crippen LogP contribution in [0.2, 0.25) is 5.02 Å². The lowest BCUT2D eigenvalue weighted by Crippen LogP contribution is -2.19. The molecule has 1 aromatic heterocycles. The van der Waals surface area contributed by atoms with Gasteiger partial charge < -0.3 is 10.6 Å². The molecule has 0 unspecified atom stereocenters. The molecule has 0 aliphatic carbocycles. The summed E-state index contributed by atoms with van der Waals surface area (Å²) in [5.41, 5.74) is 1.39. The van der Waals surface area contributed by atoms with Crippen LogP contribution in [0.5, 0.6) is 0 Å². The molecule has 7 heteroatoms. The number of para-hydroxylation sites is 1. The predicted molar refractivity (Wildman–Crippen MR) is 77.5 cm³/mol. The highest BCUT2D eigenvalue weighted by Crippen LogP contribution is 2.20. The topological polar surface area (TPSA) is 71.8 Å². The molecule has 2 aromatic rings. The third-order valence-corrected chi connectivity index (χ3v) is 2.93. The molecular weight excluding hydrogens is 278 g/mol. The van der Waals surface area contributed by atoms with E-state index in [1.165, 1.54) is 4.68 Å². The van der Waals surface area contributed by atoms with E-state index in [1.54, 1.807) is 18.3 Å². The van der Waals surface area contributed by atoms with E-state index < -0.39 is 0 Å². The molecule has 0 saturated heterocycles. The Morgan fingerprint density at radius 1 is 1.40 bits per heavy atom. The second kappa shape index (κ2) is 7.02. The average molecular weight is 294 g/mol. The molecule has 0 bridgehead atoms. The number of aromatic nitrogens is 3. The number of amides is 1. The first-order chi connectivity index (χ1) is 9.69. The number of carbonyl (C=O) groups excluding carboxylic acids is 1. The van der Waals surface area contributed by atoms with Crippen molar-refractivity contribution in [3.05, 3.63) is 41.2 Å². The van der Waals surface area contributed by atoms with Gasteiger partial charge in [0.15, 0.2) is 0 Å². The standard InChI is InChI=1S/C13H16ClN5O/c1-2-15-7-10-8-19(18-17-10)9-13(20)16-12-6-4-3-5-11(12)14/h3-6,8,15H,2,7,9H2,1H3,(H,16,20). The van der Waals surface area contributed by atoms with Gasteiger partial charge in [-0.2, -0.15) is 0 Å². The minimum atomic E-state index is -0.196. The highest BCUT2D eigenvalue weighted by molar-refractivity contribution is 6.33. The molecule has 106 valence electrons. The zero-order valence-electron chi connectivity index (χ0n) is 11.1. The highest BCUT2D eigenvalue weighted by Gasteiger charge is 2.08. The van der Waals surface area contributed by atoms with Gasteiger partial charge in [-0.3, -0.25) is 4.79 Å². The smallest absolute Gasteiger partial charge is 0.246 e. The molecule has 0 aliphatic rings. The van der Waals surface area contributed by atoms with Crippen molar-refractivity contribution in [2.45, 2.75) is 20.0 Å². The Kier molecular flexibility index (Phi) is 5.09. The molecule has 20 heavy (non-hydrogen) atoms. The van der Waals surface area contributed by atoms with Gasteiger partial charge in [0.1, 0.15) is 6.54 Å². The van der Waals surface area contributed by atoms with Crippen LogP contribution in [0.4, 0.5) is 5.69 Å².